The third kappa shape index (κ3) is 2.93. The average molecular weight is 292 g/mol. The van der Waals surface area contributed by atoms with Gasteiger partial charge in [0.25, 0.3) is 11.1 Å². The maximum atomic E-state index is 11.8. The van der Waals surface area contributed by atoms with E-state index in [2.05, 4.69) is 9.97 Å². The minimum absolute atomic E-state index is 0.0469. The Morgan fingerprint density at radius 1 is 0.810 bits per heavy atom. The Labute approximate surface area is 118 Å². The van der Waals surface area contributed by atoms with E-state index in [0.717, 1.165) is 0 Å². The van der Waals surface area contributed by atoms with Crippen LogP contribution >= 0.6 is 0 Å². The number of rotatable bonds is 4. The molecule has 0 unspecified atom stereocenters. The monoisotopic (exact) mass is 292 g/mol. The van der Waals surface area contributed by atoms with Crippen LogP contribution in [-0.2, 0) is 19.5 Å². The first-order valence-corrected chi connectivity index (χ1v) is 6.61. The van der Waals surface area contributed by atoms with Crippen molar-refractivity contribution in [1.29, 1.82) is 0 Å². The molecule has 21 heavy (non-hydrogen) atoms. The van der Waals surface area contributed by atoms with Gasteiger partial charge in [0, 0.05) is 43.0 Å². The van der Waals surface area contributed by atoms with Gasteiger partial charge >= 0.3 is 11.4 Å². The van der Waals surface area contributed by atoms with E-state index in [1.807, 2.05) is 0 Å². The van der Waals surface area contributed by atoms with E-state index >= 15 is 0 Å². The van der Waals surface area contributed by atoms with Crippen LogP contribution in [0.5, 0.6) is 0 Å². The standard InChI is InChI=1S/C13H16N4O4/c1-3-16-6-8(10(18)14-12(16)20)5-9-7-17(4-2)13(21)15-11(9)19/h6-7H,3-5H2,1-2H3,(H,14,18,20)(H,15,19,21). The molecule has 0 atom stereocenters. The predicted octanol–water partition coefficient (Wildman–Crippen LogP) is -0.983. The SMILES string of the molecule is CCn1cc(Cc2cn(CC)c(=O)[nH]c2=O)c(=O)[nH]c1=O. The fraction of sp³-hybridized carbons (Fsp3) is 0.385. The molecule has 2 rings (SSSR count). The average Bonchev–Trinajstić information content (AvgIpc) is 2.44. The molecule has 8 heteroatoms. The largest absolute Gasteiger partial charge is 0.328 e. The minimum Gasteiger partial charge on any atom is -0.301 e. The molecule has 2 N–H and O–H groups in total. The summed E-state index contributed by atoms with van der Waals surface area (Å²) in [4.78, 5) is 51.0. The number of nitrogens with one attached hydrogen (secondary N) is 2. The number of hydrogen-bond acceptors (Lipinski definition) is 4. The highest BCUT2D eigenvalue weighted by atomic mass is 16.2. The van der Waals surface area contributed by atoms with E-state index in [1.54, 1.807) is 13.8 Å². The van der Waals surface area contributed by atoms with E-state index in [-0.39, 0.29) is 6.42 Å². The van der Waals surface area contributed by atoms with Crippen LogP contribution in [0.15, 0.2) is 31.6 Å². The topological polar surface area (TPSA) is 110 Å². The molecule has 2 heterocycles. The van der Waals surface area contributed by atoms with Crippen molar-refractivity contribution in [3.8, 4) is 0 Å². The Hall–Kier alpha value is -2.64. The Morgan fingerprint density at radius 3 is 1.52 bits per heavy atom. The summed E-state index contributed by atoms with van der Waals surface area (Å²) >= 11 is 0. The van der Waals surface area contributed by atoms with Gasteiger partial charge in [0.2, 0.25) is 0 Å². The van der Waals surface area contributed by atoms with E-state index in [9.17, 15) is 19.2 Å². The summed E-state index contributed by atoms with van der Waals surface area (Å²) in [6, 6.07) is 0. The second kappa shape index (κ2) is 5.78. The second-order valence-electron chi connectivity index (χ2n) is 4.58. The van der Waals surface area contributed by atoms with Gasteiger partial charge in [0.05, 0.1) is 0 Å². The number of aromatic nitrogens is 4. The van der Waals surface area contributed by atoms with Crippen LogP contribution in [0.2, 0.25) is 0 Å². The van der Waals surface area contributed by atoms with Crippen LogP contribution in [0.1, 0.15) is 25.0 Å². The van der Waals surface area contributed by atoms with Crippen molar-refractivity contribution in [1.82, 2.24) is 19.1 Å². The summed E-state index contributed by atoms with van der Waals surface area (Å²) in [6.45, 7) is 4.36. The van der Waals surface area contributed by atoms with Crippen molar-refractivity contribution in [2.75, 3.05) is 0 Å². The van der Waals surface area contributed by atoms with Crippen molar-refractivity contribution in [3.05, 3.63) is 65.2 Å². The number of aryl methyl sites for hydroxylation is 2. The minimum atomic E-state index is -0.529. The molecule has 0 fully saturated rings. The van der Waals surface area contributed by atoms with Crippen molar-refractivity contribution >= 4 is 0 Å². The lowest BCUT2D eigenvalue weighted by Crippen LogP contribution is -2.34. The van der Waals surface area contributed by atoms with Gasteiger partial charge in [-0.1, -0.05) is 0 Å². The fourth-order valence-electron chi connectivity index (χ4n) is 2.04. The fourth-order valence-corrected chi connectivity index (χ4v) is 2.04. The highest BCUT2D eigenvalue weighted by Gasteiger charge is 2.09. The molecule has 2 aromatic heterocycles. The zero-order valence-electron chi connectivity index (χ0n) is 11.8. The molecule has 0 bridgehead atoms. The van der Waals surface area contributed by atoms with Gasteiger partial charge in [0.1, 0.15) is 0 Å². The zero-order chi connectivity index (χ0) is 15.6. The molecule has 0 radical (unpaired) electrons. The molecule has 0 saturated carbocycles. The van der Waals surface area contributed by atoms with Crippen molar-refractivity contribution < 1.29 is 0 Å². The van der Waals surface area contributed by atoms with Crippen LogP contribution < -0.4 is 22.5 Å². The Bertz CT molecular complexity index is 811. The molecule has 0 amide bonds. The van der Waals surface area contributed by atoms with Crippen LogP contribution in [0.3, 0.4) is 0 Å². The summed E-state index contributed by atoms with van der Waals surface area (Å²) < 4.78 is 2.70. The molecule has 0 spiro atoms. The number of H-pyrrole nitrogens is 2. The molecule has 112 valence electrons. The molecule has 0 aliphatic heterocycles. The Balaban J connectivity index is 2.53. The maximum absolute atomic E-state index is 11.8. The van der Waals surface area contributed by atoms with Gasteiger partial charge in [-0.25, -0.2) is 9.59 Å². The predicted molar refractivity (Wildman–Crippen MR) is 76.8 cm³/mol. The van der Waals surface area contributed by atoms with Crippen LogP contribution in [0.4, 0.5) is 0 Å². The lowest BCUT2D eigenvalue weighted by Gasteiger charge is -2.06. The highest BCUT2D eigenvalue weighted by molar-refractivity contribution is 5.18. The first kappa shape index (κ1) is 14.8. The van der Waals surface area contributed by atoms with E-state index in [0.29, 0.717) is 24.2 Å². The molecule has 8 nitrogen and oxygen atoms in total. The second-order valence-corrected chi connectivity index (χ2v) is 4.58. The summed E-state index contributed by atoms with van der Waals surface area (Å²) in [5, 5.41) is 0. The van der Waals surface area contributed by atoms with Gasteiger partial charge < -0.3 is 9.13 Å². The molecule has 0 aromatic carbocycles. The quantitative estimate of drug-likeness (QED) is 0.754. The van der Waals surface area contributed by atoms with Crippen LogP contribution in [0.25, 0.3) is 0 Å². The lowest BCUT2D eigenvalue weighted by molar-refractivity contribution is 0.673. The summed E-state index contributed by atoms with van der Waals surface area (Å²) in [5.41, 5.74) is -1.44. The van der Waals surface area contributed by atoms with Crippen molar-refractivity contribution in [2.45, 2.75) is 33.4 Å². The summed E-state index contributed by atoms with van der Waals surface area (Å²) in [7, 11) is 0. The first-order chi connectivity index (χ1) is 9.96. The van der Waals surface area contributed by atoms with Gasteiger partial charge in [-0.3, -0.25) is 19.6 Å². The third-order valence-electron chi connectivity index (χ3n) is 3.23. The molecule has 0 aliphatic carbocycles. The maximum Gasteiger partial charge on any atom is 0.328 e. The lowest BCUT2D eigenvalue weighted by atomic mass is 10.1. The highest BCUT2D eigenvalue weighted by Crippen LogP contribution is 1.98. The van der Waals surface area contributed by atoms with E-state index < -0.39 is 22.5 Å². The normalized spacial score (nSPS) is 10.8. The van der Waals surface area contributed by atoms with Gasteiger partial charge in [-0.2, -0.15) is 0 Å². The van der Waals surface area contributed by atoms with Gasteiger partial charge in [-0.05, 0) is 13.8 Å². The Kier molecular flexibility index (Phi) is 4.06. The molecule has 0 aliphatic rings. The van der Waals surface area contributed by atoms with Crippen LogP contribution in [-0.4, -0.2) is 19.1 Å². The Morgan fingerprint density at radius 2 is 1.19 bits per heavy atom. The first-order valence-electron chi connectivity index (χ1n) is 6.61. The van der Waals surface area contributed by atoms with E-state index in [1.165, 1.54) is 21.5 Å². The smallest absolute Gasteiger partial charge is 0.301 e. The van der Waals surface area contributed by atoms with Gasteiger partial charge in [0.15, 0.2) is 0 Å². The van der Waals surface area contributed by atoms with Crippen molar-refractivity contribution in [2.24, 2.45) is 0 Å². The zero-order valence-corrected chi connectivity index (χ0v) is 11.8. The number of nitrogens with zero attached hydrogens (tertiary/aromatic N) is 2. The third-order valence-corrected chi connectivity index (χ3v) is 3.23. The molecular weight excluding hydrogens is 276 g/mol. The van der Waals surface area contributed by atoms with E-state index in [4.69, 9.17) is 0 Å². The summed E-state index contributed by atoms with van der Waals surface area (Å²) in [6.07, 6.45) is 2.91. The van der Waals surface area contributed by atoms with Gasteiger partial charge in [-0.15, -0.1) is 0 Å². The molecular formula is C13H16N4O4. The van der Waals surface area contributed by atoms with Crippen LogP contribution in [0, 0.1) is 0 Å². The number of aromatic amines is 2. The summed E-state index contributed by atoms with van der Waals surface area (Å²) in [5.74, 6) is 0. The molecule has 2 aromatic rings. The number of hydrogen-bond donors (Lipinski definition) is 2. The molecule has 0 saturated heterocycles. The van der Waals surface area contributed by atoms with Crippen molar-refractivity contribution in [3.63, 3.8) is 0 Å².